The van der Waals surface area contributed by atoms with E-state index in [-0.39, 0.29) is 23.0 Å². The number of benzene rings is 2. The Kier molecular flexibility index (Phi) is 8.11. The molecular formula is C26H34N4O4S2. The van der Waals surface area contributed by atoms with E-state index in [9.17, 15) is 13.2 Å². The molecule has 1 aromatic heterocycles. The van der Waals surface area contributed by atoms with Crippen molar-refractivity contribution in [2.24, 2.45) is 0 Å². The van der Waals surface area contributed by atoms with Crippen LogP contribution in [0, 0.1) is 6.92 Å². The molecule has 0 aliphatic carbocycles. The number of anilines is 1. The van der Waals surface area contributed by atoms with Gasteiger partial charge >= 0.3 is 0 Å². The molecule has 3 aromatic rings. The molecule has 8 nitrogen and oxygen atoms in total. The SMILES string of the molecule is Cc1cccc2sc(N(CCCN(C)C)C(=O)c3ccc(S(=O)(=O)N4CC(C)OC(C)C4)cc3)nc12. The molecule has 4 rings (SSSR count). The van der Waals surface area contributed by atoms with E-state index in [2.05, 4.69) is 4.90 Å². The fourth-order valence-corrected chi connectivity index (χ4v) is 7.08. The van der Waals surface area contributed by atoms with Crippen LogP contribution >= 0.6 is 11.3 Å². The van der Waals surface area contributed by atoms with Crippen LogP contribution in [0.3, 0.4) is 0 Å². The summed E-state index contributed by atoms with van der Waals surface area (Å²) in [5.41, 5.74) is 2.40. The Morgan fingerprint density at radius 2 is 1.75 bits per heavy atom. The number of nitrogens with zero attached hydrogens (tertiary/aromatic N) is 4. The highest BCUT2D eigenvalue weighted by Crippen LogP contribution is 2.32. The van der Waals surface area contributed by atoms with Gasteiger partial charge in [-0.15, -0.1) is 0 Å². The van der Waals surface area contributed by atoms with Gasteiger partial charge in [0.1, 0.15) is 0 Å². The fraction of sp³-hybridized carbons (Fsp3) is 0.462. The van der Waals surface area contributed by atoms with Crippen LogP contribution in [-0.4, -0.2) is 81.0 Å². The zero-order chi connectivity index (χ0) is 26.0. The summed E-state index contributed by atoms with van der Waals surface area (Å²) >= 11 is 1.49. The molecule has 0 radical (unpaired) electrons. The van der Waals surface area contributed by atoms with Gasteiger partial charge in [0, 0.05) is 25.2 Å². The Labute approximate surface area is 217 Å². The summed E-state index contributed by atoms with van der Waals surface area (Å²) < 4.78 is 34.6. The lowest BCUT2D eigenvalue weighted by molar-refractivity contribution is -0.0440. The maximum Gasteiger partial charge on any atom is 0.260 e. The van der Waals surface area contributed by atoms with E-state index in [0.717, 1.165) is 28.7 Å². The van der Waals surface area contributed by atoms with Crippen molar-refractivity contribution in [3.63, 3.8) is 0 Å². The molecule has 0 saturated carbocycles. The molecule has 2 atom stereocenters. The van der Waals surface area contributed by atoms with Crippen LogP contribution in [0.15, 0.2) is 47.4 Å². The van der Waals surface area contributed by atoms with Crippen LogP contribution in [-0.2, 0) is 14.8 Å². The lowest BCUT2D eigenvalue weighted by Gasteiger charge is -2.34. The van der Waals surface area contributed by atoms with Crippen molar-refractivity contribution in [3.05, 3.63) is 53.6 Å². The smallest absolute Gasteiger partial charge is 0.260 e. The molecule has 2 heterocycles. The standard InChI is InChI=1S/C26H34N4O4S2/c1-18-8-6-9-23-24(18)27-26(35-23)30(15-7-14-28(4)5)25(31)21-10-12-22(13-11-21)36(32,33)29-16-19(2)34-20(3)17-29/h6,8-13,19-20H,7,14-17H2,1-5H3. The number of sulfonamides is 1. The first kappa shape index (κ1) is 26.7. The van der Waals surface area contributed by atoms with Crippen LogP contribution in [0.5, 0.6) is 0 Å². The molecule has 0 bridgehead atoms. The Balaban J connectivity index is 1.60. The number of hydrogen-bond acceptors (Lipinski definition) is 7. The molecule has 1 amide bonds. The summed E-state index contributed by atoms with van der Waals surface area (Å²) in [5, 5.41) is 0.649. The number of thiazole rings is 1. The van der Waals surface area contributed by atoms with Gasteiger partial charge in [0.05, 0.1) is 27.3 Å². The average Bonchev–Trinajstić information content (AvgIpc) is 3.26. The van der Waals surface area contributed by atoms with Gasteiger partial charge in [-0.05, 0) is 83.7 Å². The van der Waals surface area contributed by atoms with Crippen LogP contribution in [0.4, 0.5) is 5.13 Å². The summed E-state index contributed by atoms with van der Waals surface area (Å²) in [6.07, 6.45) is 0.447. The van der Waals surface area contributed by atoms with Crippen LogP contribution in [0.25, 0.3) is 10.2 Å². The van der Waals surface area contributed by atoms with Gasteiger partial charge in [-0.2, -0.15) is 4.31 Å². The Hall–Kier alpha value is -2.37. The van der Waals surface area contributed by atoms with E-state index in [1.54, 1.807) is 17.0 Å². The first-order valence-corrected chi connectivity index (χ1v) is 14.4. The highest BCUT2D eigenvalue weighted by molar-refractivity contribution is 7.89. The zero-order valence-corrected chi connectivity index (χ0v) is 23.1. The quantitative estimate of drug-likeness (QED) is 0.438. The number of morpholine rings is 1. The molecule has 2 unspecified atom stereocenters. The van der Waals surface area contributed by atoms with E-state index in [1.807, 2.05) is 53.1 Å². The number of amides is 1. The monoisotopic (exact) mass is 530 g/mol. The first-order valence-electron chi connectivity index (χ1n) is 12.1. The molecule has 1 aliphatic rings. The van der Waals surface area contributed by atoms with Gasteiger partial charge in [0.25, 0.3) is 5.91 Å². The summed E-state index contributed by atoms with van der Waals surface area (Å²) in [7, 11) is 0.329. The predicted molar refractivity (Wildman–Crippen MR) is 144 cm³/mol. The third kappa shape index (κ3) is 5.78. The number of hydrogen-bond donors (Lipinski definition) is 0. The summed E-state index contributed by atoms with van der Waals surface area (Å²) in [6, 6.07) is 12.3. The van der Waals surface area contributed by atoms with E-state index < -0.39 is 10.0 Å². The first-order chi connectivity index (χ1) is 17.1. The van der Waals surface area contributed by atoms with Gasteiger partial charge in [0.15, 0.2) is 5.13 Å². The number of fused-ring (bicyclic) bond motifs is 1. The highest BCUT2D eigenvalue weighted by atomic mass is 32.2. The lowest BCUT2D eigenvalue weighted by Crippen LogP contribution is -2.48. The summed E-state index contributed by atoms with van der Waals surface area (Å²) in [4.78, 5) is 22.4. The molecule has 2 aromatic carbocycles. The van der Waals surface area contributed by atoms with Gasteiger partial charge in [-0.3, -0.25) is 9.69 Å². The minimum absolute atomic E-state index is 0.169. The van der Waals surface area contributed by atoms with Crippen molar-refractivity contribution >= 4 is 42.6 Å². The number of ether oxygens (including phenoxy) is 1. The molecule has 36 heavy (non-hydrogen) atoms. The van der Waals surface area contributed by atoms with Crippen molar-refractivity contribution in [2.75, 3.05) is 45.2 Å². The zero-order valence-electron chi connectivity index (χ0n) is 21.5. The minimum atomic E-state index is -3.68. The number of carbonyl (C=O) groups is 1. The van der Waals surface area contributed by atoms with Gasteiger partial charge in [0.2, 0.25) is 10.0 Å². The molecular weight excluding hydrogens is 496 g/mol. The van der Waals surface area contributed by atoms with Gasteiger partial charge in [-0.25, -0.2) is 13.4 Å². The van der Waals surface area contributed by atoms with Crippen molar-refractivity contribution in [1.82, 2.24) is 14.2 Å². The Morgan fingerprint density at radius 3 is 2.36 bits per heavy atom. The van der Waals surface area contributed by atoms with E-state index in [4.69, 9.17) is 9.72 Å². The number of aromatic nitrogens is 1. The Bertz CT molecular complexity index is 1310. The molecule has 0 spiro atoms. The molecule has 1 aliphatic heterocycles. The second kappa shape index (κ2) is 10.9. The Morgan fingerprint density at radius 1 is 1.08 bits per heavy atom. The predicted octanol–water partition coefficient (Wildman–Crippen LogP) is 4.00. The molecule has 1 fully saturated rings. The lowest BCUT2D eigenvalue weighted by atomic mass is 10.2. The van der Waals surface area contributed by atoms with E-state index in [0.29, 0.717) is 30.3 Å². The number of carbonyl (C=O) groups excluding carboxylic acids is 1. The maximum absolute atomic E-state index is 13.6. The average molecular weight is 531 g/mol. The van der Waals surface area contributed by atoms with Crippen molar-refractivity contribution in [2.45, 2.75) is 44.3 Å². The second-order valence-corrected chi connectivity index (χ2v) is 12.6. The van der Waals surface area contributed by atoms with E-state index >= 15 is 0 Å². The third-order valence-electron chi connectivity index (χ3n) is 6.20. The number of rotatable bonds is 8. The third-order valence-corrected chi connectivity index (χ3v) is 9.09. The topological polar surface area (TPSA) is 83.1 Å². The molecule has 194 valence electrons. The van der Waals surface area contributed by atoms with Crippen molar-refractivity contribution in [3.8, 4) is 0 Å². The maximum atomic E-state index is 13.6. The molecule has 1 saturated heterocycles. The second-order valence-electron chi connectivity index (χ2n) is 9.64. The minimum Gasteiger partial charge on any atom is -0.373 e. The van der Waals surface area contributed by atoms with Gasteiger partial charge in [-0.1, -0.05) is 23.5 Å². The van der Waals surface area contributed by atoms with Crippen molar-refractivity contribution < 1.29 is 17.9 Å². The summed E-state index contributed by atoms with van der Waals surface area (Å²) in [5.74, 6) is -0.192. The fourth-order valence-electron chi connectivity index (χ4n) is 4.42. The van der Waals surface area contributed by atoms with Crippen LogP contribution in [0.1, 0.15) is 36.2 Å². The normalized spacial score (nSPS) is 19.2. The summed E-state index contributed by atoms with van der Waals surface area (Å²) in [6.45, 7) is 7.72. The van der Waals surface area contributed by atoms with Gasteiger partial charge < -0.3 is 9.64 Å². The largest absolute Gasteiger partial charge is 0.373 e. The van der Waals surface area contributed by atoms with Crippen LogP contribution < -0.4 is 4.90 Å². The number of aryl methyl sites for hydroxylation is 1. The highest BCUT2D eigenvalue weighted by Gasteiger charge is 2.32. The molecule has 10 heteroatoms. The van der Waals surface area contributed by atoms with Crippen molar-refractivity contribution in [1.29, 1.82) is 0 Å². The molecule has 0 N–H and O–H groups in total. The van der Waals surface area contributed by atoms with E-state index in [1.165, 1.54) is 27.8 Å². The van der Waals surface area contributed by atoms with Crippen LogP contribution in [0.2, 0.25) is 0 Å². The number of para-hydroxylation sites is 1.